The first-order chi connectivity index (χ1) is 12.2. The molecular weight excluding hydrogens is 320 g/mol. The van der Waals surface area contributed by atoms with Gasteiger partial charge in [0.2, 0.25) is 0 Å². The Bertz CT molecular complexity index is 731. The number of carbonyl (C=O) groups excluding carboxylic acids is 2. The molecular formula is C19H20N2O4. The third-order valence-corrected chi connectivity index (χ3v) is 4.05. The van der Waals surface area contributed by atoms with Crippen LogP contribution < -0.4 is 15.0 Å². The Morgan fingerprint density at radius 3 is 2.60 bits per heavy atom. The van der Waals surface area contributed by atoms with Crippen LogP contribution in [0.2, 0.25) is 0 Å². The molecule has 0 radical (unpaired) electrons. The molecule has 25 heavy (non-hydrogen) atoms. The molecule has 2 aromatic carbocycles. The average Bonchev–Trinajstić information content (AvgIpc) is 3.03. The molecule has 1 heterocycles. The first-order valence-corrected chi connectivity index (χ1v) is 8.13. The molecule has 0 saturated carbocycles. The van der Waals surface area contributed by atoms with Gasteiger partial charge in [-0.2, -0.15) is 0 Å². The molecule has 1 N–H and O–H groups in total. The maximum atomic E-state index is 12.1. The van der Waals surface area contributed by atoms with Gasteiger partial charge in [0.1, 0.15) is 11.9 Å². The SMILES string of the molecule is COc1ccc(C(=O)NCCC2CN(c3ccccc3)C(=O)O2)cc1. The van der Waals surface area contributed by atoms with E-state index in [1.807, 2.05) is 30.3 Å². The normalized spacial score (nSPS) is 16.4. The van der Waals surface area contributed by atoms with Crippen molar-refractivity contribution in [2.75, 3.05) is 25.1 Å². The molecule has 1 atom stereocenters. The van der Waals surface area contributed by atoms with Crippen LogP contribution in [-0.2, 0) is 4.74 Å². The van der Waals surface area contributed by atoms with Crippen molar-refractivity contribution in [3.63, 3.8) is 0 Å². The van der Waals surface area contributed by atoms with E-state index < -0.39 is 0 Å². The third kappa shape index (κ3) is 4.09. The molecule has 3 rings (SSSR count). The van der Waals surface area contributed by atoms with Crippen LogP contribution in [0.4, 0.5) is 10.5 Å². The standard InChI is InChI=1S/C19H20N2O4/c1-24-16-9-7-14(8-10-16)18(22)20-12-11-17-13-21(19(23)25-17)15-5-3-2-4-6-15/h2-10,17H,11-13H2,1H3,(H,20,22). The van der Waals surface area contributed by atoms with E-state index in [0.717, 1.165) is 5.69 Å². The van der Waals surface area contributed by atoms with E-state index in [1.165, 1.54) is 0 Å². The lowest BCUT2D eigenvalue weighted by atomic mass is 10.2. The van der Waals surface area contributed by atoms with E-state index in [9.17, 15) is 9.59 Å². The summed E-state index contributed by atoms with van der Waals surface area (Å²) in [6.07, 6.45) is -0.0155. The minimum Gasteiger partial charge on any atom is -0.497 e. The van der Waals surface area contributed by atoms with Crippen LogP contribution >= 0.6 is 0 Å². The maximum absolute atomic E-state index is 12.1. The van der Waals surface area contributed by atoms with Gasteiger partial charge in [0.15, 0.2) is 0 Å². The molecule has 1 aliphatic rings. The lowest BCUT2D eigenvalue weighted by Crippen LogP contribution is -2.29. The maximum Gasteiger partial charge on any atom is 0.414 e. The fourth-order valence-electron chi connectivity index (χ4n) is 2.68. The number of hydrogen-bond donors (Lipinski definition) is 1. The summed E-state index contributed by atoms with van der Waals surface area (Å²) < 4.78 is 10.4. The van der Waals surface area contributed by atoms with E-state index in [-0.39, 0.29) is 18.1 Å². The summed E-state index contributed by atoms with van der Waals surface area (Å²) in [6, 6.07) is 16.3. The Labute approximate surface area is 146 Å². The predicted molar refractivity (Wildman–Crippen MR) is 94.0 cm³/mol. The number of amides is 2. The summed E-state index contributed by atoms with van der Waals surface area (Å²) in [6.45, 7) is 0.923. The van der Waals surface area contributed by atoms with Crippen LogP contribution in [0.25, 0.3) is 0 Å². The predicted octanol–water partition coefficient (Wildman–Crippen LogP) is 2.84. The number of rotatable bonds is 6. The summed E-state index contributed by atoms with van der Waals surface area (Å²) in [7, 11) is 1.58. The van der Waals surface area contributed by atoms with Gasteiger partial charge in [-0.25, -0.2) is 4.79 Å². The number of methoxy groups -OCH3 is 1. The summed E-state index contributed by atoms with van der Waals surface area (Å²) >= 11 is 0. The average molecular weight is 340 g/mol. The highest BCUT2D eigenvalue weighted by Crippen LogP contribution is 2.22. The topological polar surface area (TPSA) is 67.9 Å². The second kappa shape index (κ2) is 7.70. The molecule has 0 aromatic heterocycles. The van der Waals surface area contributed by atoms with Crippen molar-refractivity contribution in [1.82, 2.24) is 5.32 Å². The number of anilines is 1. The highest BCUT2D eigenvalue weighted by Gasteiger charge is 2.31. The summed E-state index contributed by atoms with van der Waals surface area (Å²) in [5.74, 6) is 0.544. The number of benzene rings is 2. The van der Waals surface area contributed by atoms with Crippen molar-refractivity contribution in [2.24, 2.45) is 0 Å². The van der Waals surface area contributed by atoms with Crippen molar-refractivity contribution in [2.45, 2.75) is 12.5 Å². The quantitative estimate of drug-likeness (QED) is 0.878. The summed E-state index contributed by atoms with van der Waals surface area (Å²) in [4.78, 5) is 25.7. The highest BCUT2D eigenvalue weighted by molar-refractivity contribution is 5.94. The second-order valence-electron chi connectivity index (χ2n) is 5.72. The third-order valence-electron chi connectivity index (χ3n) is 4.05. The van der Waals surface area contributed by atoms with Crippen LogP contribution in [0.15, 0.2) is 54.6 Å². The van der Waals surface area contributed by atoms with Gasteiger partial charge < -0.3 is 14.8 Å². The van der Waals surface area contributed by atoms with Crippen LogP contribution in [0.1, 0.15) is 16.8 Å². The molecule has 130 valence electrons. The Kier molecular flexibility index (Phi) is 5.18. The molecule has 1 fully saturated rings. The van der Waals surface area contributed by atoms with Gasteiger partial charge in [-0.1, -0.05) is 18.2 Å². The first kappa shape index (κ1) is 16.8. The van der Waals surface area contributed by atoms with Gasteiger partial charge in [-0.05, 0) is 36.4 Å². The van der Waals surface area contributed by atoms with Crippen molar-refractivity contribution in [3.8, 4) is 5.75 Å². The van der Waals surface area contributed by atoms with Gasteiger partial charge in [0.25, 0.3) is 5.91 Å². The van der Waals surface area contributed by atoms with Crippen LogP contribution in [-0.4, -0.2) is 38.3 Å². The largest absolute Gasteiger partial charge is 0.497 e. The molecule has 6 nitrogen and oxygen atoms in total. The van der Waals surface area contributed by atoms with Gasteiger partial charge in [-0.15, -0.1) is 0 Å². The highest BCUT2D eigenvalue weighted by atomic mass is 16.6. The Hall–Kier alpha value is -3.02. The summed E-state index contributed by atoms with van der Waals surface area (Å²) in [5.41, 5.74) is 1.38. The molecule has 1 aliphatic heterocycles. The number of hydrogen-bond acceptors (Lipinski definition) is 4. The molecule has 2 amide bonds. The fourth-order valence-corrected chi connectivity index (χ4v) is 2.68. The zero-order valence-corrected chi connectivity index (χ0v) is 14.0. The Morgan fingerprint density at radius 2 is 1.92 bits per heavy atom. The number of nitrogens with one attached hydrogen (secondary N) is 1. The first-order valence-electron chi connectivity index (χ1n) is 8.13. The van der Waals surface area contributed by atoms with Gasteiger partial charge >= 0.3 is 6.09 Å². The molecule has 6 heteroatoms. The van der Waals surface area contributed by atoms with Gasteiger partial charge in [-0.3, -0.25) is 9.69 Å². The van der Waals surface area contributed by atoms with Crippen LogP contribution in [0.5, 0.6) is 5.75 Å². The second-order valence-corrected chi connectivity index (χ2v) is 5.72. The Balaban J connectivity index is 1.47. The number of cyclic esters (lactones) is 1. The fraction of sp³-hybridized carbons (Fsp3) is 0.263. The lowest BCUT2D eigenvalue weighted by Gasteiger charge is -2.12. The van der Waals surface area contributed by atoms with E-state index in [2.05, 4.69) is 5.32 Å². The molecule has 1 unspecified atom stereocenters. The molecule has 1 saturated heterocycles. The number of ether oxygens (including phenoxy) is 2. The molecule has 0 bridgehead atoms. The van der Waals surface area contributed by atoms with Crippen LogP contribution in [0, 0.1) is 0 Å². The van der Waals surface area contributed by atoms with E-state index >= 15 is 0 Å². The molecule has 0 aliphatic carbocycles. The smallest absolute Gasteiger partial charge is 0.414 e. The molecule has 2 aromatic rings. The van der Waals surface area contributed by atoms with E-state index in [1.54, 1.807) is 36.3 Å². The van der Waals surface area contributed by atoms with Crippen molar-refractivity contribution in [1.29, 1.82) is 0 Å². The zero-order chi connectivity index (χ0) is 17.6. The van der Waals surface area contributed by atoms with Gasteiger partial charge in [0.05, 0.1) is 13.7 Å². The van der Waals surface area contributed by atoms with Crippen molar-refractivity contribution < 1.29 is 19.1 Å². The zero-order valence-electron chi connectivity index (χ0n) is 14.0. The Morgan fingerprint density at radius 1 is 1.20 bits per heavy atom. The minimum absolute atomic E-state index is 0.160. The van der Waals surface area contributed by atoms with Gasteiger partial charge in [0, 0.05) is 24.2 Å². The van der Waals surface area contributed by atoms with E-state index in [0.29, 0.717) is 30.8 Å². The lowest BCUT2D eigenvalue weighted by molar-refractivity contribution is 0.0944. The van der Waals surface area contributed by atoms with Crippen molar-refractivity contribution in [3.05, 3.63) is 60.2 Å². The monoisotopic (exact) mass is 340 g/mol. The summed E-state index contributed by atoms with van der Waals surface area (Å²) in [5, 5.41) is 2.84. The van der Waals surface area contributed by atoms with Crippen molar-refractivity contribution >= 4 is 17.7 Å². The number of nitrogens with zero attached hydrogens (tertiary/aromatic N) is 1. The number of para-hydroxylation sites is 1. The molecule has 0 spiro atoms. The number of carbonyl (C=O) groups is 2. The van der Waals surface area contributed by atoms with Crippen LogP contribution in [0.3, 0.4) is 0 Å². The minimum atomic E-state index is -0.349. The van der Waals surface area contributed by atoms with E-state index in [4.69, 9.17) is 9.47 Å².